The van der Waals surface area contributed by atoms with Gasteiger partial charge in [-0.2, -0.15) is 0 Å². The highest BCUT2D eigenvalue weighted by atomic mass is 32.0. The van der Waals surface area contributed by atoms with E-state index in [1.807, 2.05) is 36.5 Å². The zero-order chi connectivity index (χ0) is 20.8. The quantitative estimate of drug-likeness (QED) is 0.207. The van der Waals surface area contributed by atoms with Crippen LogP contribution in [0.15, 0.2) is 60.8 Å². The molecule has 1 rings (SSSR count). The van der Waals surface area contributed by atoms with E-state index in [9.17, 15) is 15.0 Å². The molecule has 7 atom stereocenters. The zero-order valence-electron chi connectivity index (χ0n) is 15.8. The monoisotopic (exact) mass is 446 g/mol. The number of ether oxygens (including phenoxy) is 1. The number of aliphatic hydroxyl groups is 2. The van der Waals surface area contributed by atoms with Gasteiger partial charge in [-0.1, -0.05) is 57.5 Å². The highest BCUT2D eigenvalue weighted by Gasteiger charge is 2.30. The minimum Gasteiger partial charge on any atom is -0.455 e. The van der Waals surface area contributed by atoms with Gasteiger partial charge in [-0.25, -0.2) is 4.79 Å². The molecule has 156 valence electrons. The summed E-state index contributed by atoms with van der Waals surface area (Å²) in [6, 6.07) is 0. The Balaban J connectivity index is 2.61. The highest BCUT2D eigenvalue weighted by Crippen LogP contribution is 2.28. The highest BCUT2D eigenvalue weighted by molar-refractivity contribution is 8.00. The van der Waals surface area contributed by atoms with Gasteiger partial charge in [0, 0.05) is 36.9 Å². The smallest absolute Gasteiger partial charge is 0.331 e. The fraction of sp³-hybridized carbons (Fsp3) is 0.421. The molecular weight excluding hydrogens is 417 g/mol. The summed E-state index contributed by atoms with van der Waals surface area (Å²) in [5, 5.41) is 21.0. The van der Waals surface area contributed by atoms with Crippen LogP contribution < -0.4 is 0 Å². The van der Waals surface area contributed by atoms with Crippen molar-refractivity contribution >= 4 is 32.9 Å². The first kappa shape index (κ1) is 25.3. The molecule has 0 aromatic heterocycles. The number of allylic oxidation sites excluding steroid dienone is 4. The van der Waals surface area contributed by atoms with Gasteiger partial charge in [-0.15, -0.1) is 0 Å². The molecule has 1 aliphatic heterocycles. The van der Waals surface area contributed by atoms with Gasteiger partial charge in [0.1, 0.15) is 11.7 Å². The lowest BCUT2D eigenvalue weighted by Crippen LogP contribution is -2.39. The third-order valence-electron chi connectivity index (χ3n) is 3.88. The van der Waals surface area contributed by atoms with Crippen LogP contribution in [0.2, 0.25) is 0 Å². The number of carbonyl (C=O) groups is 1. The Kier molecular flexibility index (Phi) is 12.9. The van der Waals surface area contributed by atoms with Gasteiger partial charge >= 0.3 is 5.97 Å². The SMILES string of the molecule is C[C@@](O)(/C=C/[C@H]1CC=CC(=O)O1)[C@H](O)C[C@H](\C=C/C=C\C=C\COP)OPP. The van der Waals surface area contributed by atoms with E-state index in [2.05, 4.69) is 18.4 Å². The Bertz CT molecular complexity index is 613. The van der Waals surface area contributed by atoms with E-state index in [4.69, 9.17) is 13.8 Å². The van der Waals surface area contributed by atoms with Gasteiger partial charge in [-0.3, -0.25) is 0 Å². The number of carbonyl (C=O) groups excluding carboxylic acids is 1. The normalized spacial score (nSPS) is 22.8. The fourth-order valence-corrected chi connectivity index (χ4v) is 3.27. The number of rotatable bonds is 12. The van der Waals surface area contributed by atoms with Crippen molar-refractivity contribution in [2.45, 2.75) is 43.7 Å². The summed E-state index contributed by atoms with van der Waals surface area (Å²) in [6.07, 6.45) is 16.1. The van der Waals surface area contributed by atoms with Crippen LogP contribution in [0.4, 0.5) is 0 Å². The molecule has 0 saturated carbocycles. The molecule has 0 aromatic rings. The molecule has 0 bridgehead atoms. The molecule has 0 saturated heterocycles. The van der Waals surface area contributed by atoms with Crippen LogP contribution in [0.5, 0.6) is 0 Å². The fourth-order valence-electron chi connectivity index (χ4n) is 2.28. The molecule has 9 heteroatoms. The van der Waals surface area contributed by atoms with E-state index in [-0.39, 0.29) is 21.0 Å². The van der Waals surface area contributed by atoms with Crippen LogP contribution in [-0.2, 0) is 18.6 Å². The van der Waals surface area contributed by atoms with Gasteiger partial charge in [0.05, 0.1) is 18.8 Å². The first-order chi connectivity index (χ1) is 13.4. The van der Waals surface area contributed by atoms with Crippen molar-refractivity contribution in [2.75, 3.05) is 6.61 Å². The molecule has 6 nitrogen and oxygen atoms in total. The van der Waals surface area contributed by atoms with Crippen molar-refractivity contribution in [1.29, 1.82) is 0 Å². The predicted octanol–water partition coefficient (Wildman–Crippen LogP) is 3.16. The van der Waals surface area contributed by atoms with Gasteiger partial charge in [0.15, 0.2) is 0 Å². The molecule has 3 unspecified atom stereocenters. The minimum atomic E-state index is -1.48. The van der Waals surface area contributed by atoms with E-state index in [0.29, 0.717) is 13.0 Å². The van der Waals surface area contributed by atoms with Crippen molar-refractivity contribution in [1.82, 2.24) is 0 Å². The molecule has 1 heterocycles. The lowest BCUT2D eigenvalue weighted by atomic mass is 9.93. The van der Waals surface area contributed by atoms with Crippen LogP contribution >= 0.6 is 26.9 Å². The van der Waals surface area contributed by atoms with E-state index in [0.717, 1.165) is 0 Å². The zero-order valence-corrected chi connectivity index (χ0v) is 19.1. The summed E-state index contributed by atoms with van der Waals surface area (Å²) >= 11 is 0. The maximum atomic E-state index is 11.3. The molecule has 2 N–H and O–H groups in total. The topological polar surface area (TPSA) is 85.2 Å². The predicted molar refractivity (Wildman–Crippen MR) is 120 cm³/mol. The van der Waals surface area contributed by atoms with Gasteiger partial charge in [0.2, 0.25) is 0 Å². The first-order valence-corrected chi connectivity index (χ1v) is 12.0. The third kappa shape index (κ3) is 10.7. The summed E-state index contributed by atoms with van der Waals surface area (Å²) in [4.78, 5) is 11.3. The van der Waals surface area contributed by atoms with E-state index in [1.54, 1.807) is 12.2 Å². The van der Waals surface area contributed by atoms with Crippen molar-refractivity contribution < 1.29 is 28.8 Å². The third-order valence-corrected chi connectivity index (χ3v) is 4.91. The second kappa shape index (κ2) is 14.3. The van der Waals surface area contributed by atoms with Crippen LogP contribution in [-0.4, -0.2) is 46.7 Å². The number of cyclic esters (lactones) is 1. The average molecular weight is 446 g/mol. The van der Waals surface area contributed by atoms with Crippen LogP contribution in [0.1, 0.15) is 19.8 Å². The number of aliphatic hydroxyl groups excluding tert-OH is 1. The van der Waals surface area contributed by atoms with Crippen LogP contribution in [0, 0.1) is 0 Å². The van der Waals surface area contributed by atoms with Crippen molar-refractivity contribution in [3.05, 3.63) is 60.8 Å². The molecule has 0 radical (unpaired) electrons. The van der Waals surface area contributed by atoms with Crippen molar-refractivity contribution in [3.8, 4) is 0 Å². The molecule has 0 fully saturated rings. The number of hydrogen-bond acceptors (Lipinski definition) is 6. The van der Waals surface area contributed by atoms with E-state index in [1.165, 1.54) is 19.1 Å². The summed E-state index contributed by atoms with van der Waals surface area (Å²) in [6.45, 7) is 2.03. The number of esters is 1. The van der Waals surface area contributed by atoms with Crippen molar-refractivity contribution in [2.24, 2.45) is 0 Å². The average Bonchev–Trinajstić information content (AvgIpc) is 2.66. The first-order valence-electron chi connectivity index (χ1n) is 8.79. The van der Waals surface area contributed by atoms with Gasteiger partial charge in [-0.05, 0) is 13.0 Å². The Morgan fingerprint density at radius 2 is 2.18 bits per heavy atom. The summed E-state index contributed by atoms with van der Waals surface area (Å²) in [5.74, 6) is -0.412. The molecule has 0 amide bonds. The second-order valence-electron chi connectivity index (χ2n) is 6.26. The molecule has 0 spiro atoms. The van der Waals surface area contributed by atoms with Crippen LogP contribution in [0.3, 0.4) is 0 Å². The Hall–Kier alpha value is -0.700. The Labute approximate surface area is 173 Å². The summed E-state index contributed by atoms with van der Waals surface area (Å²) in [7, 11) is 4.84. The number of hydrogen-bond donors (Lipinski definition) is 2. The maximum absolute atomic E-state index is 11.3. The Morgan fingerprint density at radius 1 is 1.43 bits per heavy atom. The van der Waals surface area contributed by atoms with E-state index >= 15 is 0 Å². The molecular formula is C19H29O6P3. The summed E-state index contributed by atoms with van der Waals surface area (Å²) in [5.41, 5.74) is -1.48. The van der Waals surface area contributed by atoms with Crippen LogP contribution in [0.25, 0.3) is 0 Å². The van der Waals surface area contributed by atoms with Gasteiger partial charge < -0.3 is 24.0 Å². The molecule has 1 aliphatic rings. The second-order valence-corrected chi connectivity index (χ2v) is 7.77. The minimum absolute atomic E-state index is 0.167. The van der Waals surface area contributed by atoms with Gasteiger partial charge in [0.25, 0.3) is 0 Å². The maximum Gasteiger partial charge on any atom is 0.331 e. The largest absolute Gasteiger partial charge is 0.455 e. The standard InChI is InChI=1S/C19H29O6P3/c1-19(22,12-11-15-9-7-10-18(21)24-15)17(20)14-16(25-28-27)8-5-3-2-4-6-13-23-26/h2-8,10-12,15-17,20,22,28H,9,13-14,26-27H2,1H3/b3-2-,6-4+,8-5-,12-11+/t15-,16+,17-,19-/m1/s1. The lowest BCUT2D eigenvalue weighted by Gasteiger charge is -2.28. The van der Waals surface area contributed by atoms with E-state index < -0.39 is 23.8 Å². The Morgan fingerprint density at radius 3 is 2.86 bits per heavy atom. The molecule has 28 heavy (non-hydrogen) atoms. The van der Waals surface area contributed by atoms with Crippen molar-refractivity contribution in [3.63, 3.8) is 0 Å². The lowest BCUT2D eigenvalue weighted by molar-refractivity contribution is -0.141. The molecule has 0 aromatic carbocycles. The summed E-state index contributed by atoms with van der Waals surface area (Å²) < 4.78 is 15.6. The molecule has 0 aliphatic carbocycles.